The van der Waals surface area contributed by atoms with Crippen LogP contribution in [-0.4, -0.2) is 83.0 Å². The van der Waals surface area contributed by atoms with Crippen molar-refractivity contribution in [2.24, 2.45) is 17.8 Å². The Balaban J connectivity index is 3.05. The van der Waals surface area contributed by atoms with Crippen molar-refractivity contribution in [2.45, 2.75) is 118 Å². The molecule has 0 aliphatic carbocycles. The quantitative estimate of drug-likeness (QED) is 0.322. The van der Waals surface area contributed by atoms with Gasteiger partial charge in [0.1, 0.15) is 6.04 Å². The van der Waals surface area contributed by atoms with Crippen LogP contribution in [0.2, 0.25) is 0 Å². The highest BCUT2D eigenvalue weighted by molar-refractivity contribution is 5.93. The number of aliphatic hydroxyl groups excluding tert-OH is 1. The maximum atomic E-state index is 13.7. The van der Waals surface area contributed by atoms with Crippen LogP contribution < -0.4 is 10.6 Å². The summed E-state index contributed by atoms with van der Waals surface area (Å²) < 4.78 is 0. The lowest BCUT2D eigenvalue weighted by molar-refractivity contribution is -0.140. The fourth-order valence-electron chi connectivity index (χ4n) is 5.11. The number of nitrogens with zero attached hydrogens (tertiary/aromatic N) is 2. The minimum atomic E-state index is -0.651. The molecule has 0 spiro atoms. The third kappa shape index (κ3) is 10.0. The van der Waals surface area contributed by atoms with E-state index < -0.39 is 6.04 Å². The number of carbonyl (C=O) groups is 3. The van der Waals surface area contributed by atoms with Gasteiger partial charge in [0, 0.05) is 18.7 Å². The molecule has 1 rings (SSSR count). The molecular formula is C29H54N4O4. The highest BCUT2D eigenvalue weighted by Gasteiger charge is 2.36. The van der Waals surface area contributed by atoms with E-state index in [9.17, 15) is 19.5 Å². The average molecular weight is 523 g/mol. The van der Waals surface area contributed by atoms with E-state index in [1.54, 1.807) is 18.9 Å². The highest BCUT2D eigenvalue weighted by atomic mass is 16.3. The van der Waals surface area contributed by atoms with Crippen molar-refractivity contribution in [3.05, 3.63) is 11.6 Å². The van der Waals surface area contributed by atoms with Crippen molar-refractivity contribution < 1.29 is 19.5 Å². The summed E-state index contributed by atoms with van der Waals surface area (Å²) >= 11 is 0. The number of aliphatic hydroxyl groups is 1. The van der Waals surface area contributed by atoms with E-state index in [0.717, 1.165) is 25.8 Å². The lowest BCUT2D eigenvalue weighted by Gasteiger charge is -2.39. The number of hydrogen-bond acceptors (Lipinski definition) is 5. The second kappa shape index (κ2) is 15.5. The molecular weight excluding hydrogens is 468 g/mol. The predicted molar refractivity (Wildman–Crippen MR) is 150 cm³/mol. The van der Waals surface area contributed by atoms with E-state index >= 15 is 0 Å². The molecule has 3 N–H and O–H groups in total. The second-order valence-electron chi connectivity index (χ2n) is 12.1. The summed E-state index contributed by atoms with van der Waals surface area (Å²) in [4.78, 5) is 43.7. The molecule has 1 heterocycles. The molecule has 0 aromatic carbocycles. The first kappa shape index (κ1) is 33.1. The van der Waals surface area contributed by atoms with Gasteiger partial charge in [-0.15, -0.1) is 0 Å². The fraction of sp³-hybridized carbons (Fsp3) is 0.828. The van der Waals surface area contributed by atoms with Gasteiger partial charge >= 0.3 is 0 Å². The summed E-state index contributed by atoms with van der Waals surface area (Å²) in [6, 6.07) is -1.23. The third-order valence-corrected chi connectivity index (χ3v) is 7.31. The van der Waals surface area contributed by atoms with Crippen LogP contribution in [0.3, 0.4) is 0 Å². The van der Waals surface area contributed by atoms with Gasteiger partial charge in [-0.25, -0.2) is 0 Å². The van der Waals surface area contributed by atoms with E-state index in [-0.39, 0.29) is 60.3 Å². The molecule has 4 atom stereocenters. The Morgan fingerprint density at radius 2 is 1.62 bits per heavy atom. The lowest BCUT2D eigenvalue weighted by Crippen LogP contribution is -2.58. The molecule has 1 fully saturated rings. The predicted octanol–water partition coefficient (Wildman–Crippen LogP) is 3.34. The molecule has 214 valence electrons. The minimum Gasteiger partial charge on any atom is -0.394 e. The van der Waals surface area contributed by atoms with Gasteiger partial charge in [-0.2, -0.15) is 0 Å². The zero-order valence-electron chi connectivity index (χ0n) is 25.0. The van der Waals surface area contributed by atoms with Gasteiger partial charge in [-0.05, 0) is 64.3 Å². The summed E-state index contributed by atoms with van der Waals surface area (Å²) in [5.74, 6) is -0.172. The first-order chi connectivity index (χ1) is 17.2. The summed E-state index contributed by atoms with van der Waals surface area (Å²) in [6.07, 6.45) is 5.41. The molecule has 37 heavy (non-hydrogen) atoms. The summed E-state index contributed by atoms with van der Waals surface area (Å²) in [5.41, 5.74) is 0.500. The van der Waals surface area contributed by atoms with Gasteiger partial charge < -0.3 is 20.6 Å². The van der Waals surface area contributed by atoms with Gasteiger partial charge in [0.15, 0.2) is 0 Å². The van der Waals surface area contributed by atoms with E-state index in [1.165, 1.54) is 0 Å². The molecule has 1 aliphatic rings. The molecule has 8 nitrogen and oxygen atoms in total. The van der Waals surface area contributed by atoms with Crippen molar-refractivity contribution in [1.82, 2.24) is 20.4 Å². The van der Waals surface area contributed by atoms with E-state index in [4.69, 9.17) is 0 Å². The topological polar surface area (TPSA) is 102 Å². The number of likely N-dealkylation sites (N-methyl/N-ethyl adjacent to an activating group) is 1. The standard InChI is InChI=1S/C29H54N4O4/c1-18(2)15-23(17-34)30-27(35)22(9)16-25(19(3)4)32(10)29(37)26(20(5)6)31-28(36)24-13-11-12-14-33(24)21(7)8/h16,18-21,23-26,34H,11-15,17H2,1-10H3,(H,30,35)(H,31,36)/b22-16+/t23-,24+,25+,26-/m0/s1. The monoisotopic (exact) mass is 522 g/mol. The summed E-state index contributed by atoms with van der Waals surface area (Å²) in [6.45, 7) is 18.7. The number of nitrogens with one attached hydrogen (secondary N) is 2. The molecule has 1 aliphatic heterocycles. The molecule has 0 aromatic rings. The van der Waals surface area contributed by atoms with Crippen molar-refractivity contribution >= 4 is 17.7 Å². The number of likely N-dealkylation sites (tertiary alicyclic amines) is 1. The van der Waals surface area contributed by atoms with Crippen molar-refractivity contribution in [2.75, 3.05) is 20.2 Å². The number of hydrogen-bond donors (Lipinski definition) is 3. The van der Waals surface area contributed by atoms with Crippen LogP contribution in [0.5, 0.6) is 0 Å². The average Bonchev–Trinajstić information content (AvgIpc) is 2.83. The van der Waals surface area contributed by atoms with Crippen LogP contribution in [0.4, 0.5) is 0 Å². The molecule has 8 heteroatoms. The van der Waals surface area contributed by atoms with Gasteiger partial charge in [0.05, 0.1) is 24.7 Å². The van der Waals surface area contributed by atoms with Crippen LogP contribution in [0.25, 0.3) is 0 Å². The third-order valence-electron chi connectivity index (χ3n) is 7.31. The molecule has 0 unspecified atom stereocenters. The maximum Gasteiger partial charge on any atom is 0.246 e. The summed E-state index contributed by atoms with van der Waals surface area (Å²) in [5, 5.41) is 15.6. The Bertz CT molecular complexity index is 778. The zero-order chi connectivity index (χ0) is 28.4. The molecule has 0 saturated carbocycles. The van der Waals surface area contributed by atoms with Crippen molar-refractivity contribution in [3.63, 3.8) is 0 Å². The Labute approximate surface area is 225 Å². The normalized spacial score (nSPS) is 19.8. The fourth-order valence-corrected chi connectivity index (χ4v) is 5.11. The summed E-state index contributed by atoms with van der Waals surface area (Å²) in [7, 11) is 1.74. The van der Waals surface area contributed by atoms with E-state index in [0.29, 0.717) is 17.9 Å². The molecule has 3 amide bonds. The van der Waals surface area contributed by atoms with E-state index in [1.807, 2.05) is 47.6 Å². The number of amides is 3. The smallest absolute Gasteiger partial charge is 0.246 e. The zero-order valence-corrected chi connectivity index (χ0v) is 25.0. The van der Waals surface area contributed by atoms with Crippen molar-refractivity contribution in [1.29, 1.82) is 0 Å². The lowest BCUT2D eigenvalue weighted by atomic mass is 9.95. The molecule has 0 bridgehead atoms. The van der Waals surface area contributed by atoms with Gasteiger partial charge in [-0.1, -0.05) is 54.0 Å². The number of carbonyl (C=O) groups excluding carboxylic acids is 3. The first-order valence-corrected chi connectivity index (χ1v) is 14.1. The Kier molecular flexibility index (Phi) is 13.8. The van der Waals surface area contributed by atoms with Crippen LogP contribution in [0.1, 0.15) is 88.0 Å². The molecule has 1 saturated heterocycles. The molecule has 0 radical (unpaired) electrons. The largest absolute Gasteiger partial charge is 0.394 e. The van der Waals surface area contributed by atoms with Crippen LogP contribution in [0, 0.1) is 17.8 Å². The Morgan fingerprint density at radius 3 is 2.11 bits per heavy atom. The molecule has 0 aromatic heterocycles. The van der Waals surface area contributed by atoms with Crippen LogP contribution in [-0.2, 0) is 14.4 Å². The Hall–Kier alpha value is -1.93. The number of rotatable bonds is 13. The van der Waals surface area contributed by atoms with Crippen molar-refractivity contribution in [3.8, 4) is 0 Å². The number of piperidine rings is 1. The van der Waals surface area contributed by atoms with Gasteiger partial charge in [-0.3, -0.25) is 19.3 Å². The van der Waals surface area contributed by atoms with Crippen LogP contribution >= 0.6 is 0 Å². The second-order valence-corrected chi connectivity index (χ2v) is 12.1. The SMILES string of the molecule is C/C(=C\[C@H](C(C)C)N(C)C(=O)[C@@H](NC(=O)[C@H]1CCCCN1C(C)C)C(C)C)C(=O)N[C@H](CO)CC(C)C. The maximum absolute atomic E-state index is 13.7. The Morgan fingerprint density at radius 1 is 1.00 bits per heavy atom. The highest BCUT2D eigenvalue weighted by Crippen LogP contribution is 2.21. The van der Waals surface area contributed by atoms with Gasteiger partial charge in [0.25, 0.3) is 0 Å². The van der Waals surface area contributed by atoms with Gasteiger partial charge in [0.2, 0.25) is 17.7 Å². The minimum absolute atomic E-state index is 0.0549. The van der Waals surface area contributed by atoms with E-state index in [2.05, 4.69) is 29.4 Å². The first-order valence-electron chi connectivity index (χ1n) is 14.1. The van der Waals surface area contributed by atoms with Crippen LogP contribution in [0.15, 0.2) is 11.6 Å².